The fourth-order valence-electron chi connectivity index (χ4n) is 3.14. The van der Waals surface area contributed by atoms with Gasteiger partial charge in [0.25, 0.3) is 5.91 Å². The van der Waals surface area contributed by atoms with Crippen molar-refractivity contribution in [3.63, 3.8) is 0 Å². The molecule has 0 saturated carbocycles. The monoisotopic (exact) mass is 346 g/mol. The lowest BCUT2D eigenvalue weighted by Crippen LogP contribution is -2.52. The molecule has 1 aromatic heterocycles. The second-order valence-corrected chi connectivity index (χ2v) is 6.49. The fraction of sp³-hybridized carbons (Fsp3) is 0.529. The third-order valence-electron chi connectivity index (χ3n) is 4.76. The molecule has 1 atom stereocenters. The molecule has 2 saturated heterocycles. The summed E-state index contributed by atoms with van der Waals surface area (Å²) in [5, 5.41) is 14.0. The summed E-state index contributed by atoms with van der Waals surface area (Å²) >= 11 is 0. The number of aliphatic hydroxyl groups excluding tert-OH is 1. The van der Waals surface area contributed by atoms with Gasteiger partial charge in [-0.25, -0.2) is 4.98 Å². The molecule has 2 aliphatic rings. The van der Waals surface area contributed by atoms with Gasteiger partial charge >= 0.3 is 0 Å². The molecule has 8 nitrogen and oxygen atoms in total. The predicted molar refractivity (Wildman–Crippen MR) is 89.9 cm³/mol. The van der Waals surface area contributed by atoms with Crippen LogP contribution in [0.25, 0.3) is 0 Å². The van der Waals surface area contributed by atoms with Crippen molar-refractivity contribution in [2.75, 3.05) is 24.6 Å². The van der Waals surface area contributed by atoms with E-state index < -0.39 is 17.9 Å². The number of piperidine rings is 2. The molecule has 3 N–H and O–H groups in total. The molecule has 1 unspecified atom stereocenters. The Morgan fingerprint density at radius 2 is 2.04 bits per heavy atom. The van der Waals surface area contributed by atoms with Gasteiger partial charge in [-0.3, -0.25) is 19.7 Å². The van der Waals surface area contributed by atoms with Crippen LogP contribution in [0.5, 0.6) is 0 Å². The van der Waals surface area contributed by atoms with Crippen molar-refractivity contribution in [1.82, 2.24) is 15.6 Å². The van der Waals surface area contributed by atoms with Gasteiger partial charge in [0.2, 0.25) is 11.8 Å². The predicted octanol–water partition coefficient (Wildman–Crippen LogP) is -0.175. The van der Waals surface area contributed by atoms with Gasteiger partial charge in [-0.1, -0.05) is 0 Å². The maximum absolute atomic E-state index is 12.2. The Kier molecular flexibility index (Phi) is 5.28. The van der Waals surface area contributed by atoms with Crippen LogP contribution in [0, 0.1) is 5.92 Å². The van der Waals surface area contributed by atoms with E-state index in [-0.39, 0.29) is 24.6 Å². The van der Waals surface area contributed by atoms with Crippen molar-refractivity contribution in [3.05, 3.63) is 24.0 Å². The molecule has 8 heteroatoms. The van der Waals surface area contributed by atoms with E-state index in [2.05, 4.69) is 20.5 Å². The molecule has 0 aromatic carbocycles. The highest BCUT2D eigenvalue weighted by Gasteiger charge is 2.28. The maximum Gasteiger partial charge on any atom is 0.270 e. The summed E-state index contributed by atoms with van der Waals surface area (Å²) in [5.41, 5.74) is 1.17. The largest absolute Gasteiger partial charge is 0.396 e. The number of imide groups is 1. The van der Waals surface area contributed by atoms with Gasteiger partial charge < -0.3 is 15.3 Å². The Hall–Kier alpha value is -2.48. The third-order valence-corrected chi connectivity index (χ3v) is 4.76. The van der Waals surface area contributed by atoms with Crippen LogP contribution in [-0.2, 0) is 9.59 Å². The second-order valence-electron chi connectivity index (χ2n) is 6.49. The van der Waals surface area contributed by atoms with E-state index in [1.807, 2.05) is 6.07 Å². The first-order chi connectivity index (χ1) is 12.1. The van der Waals surface area contributed by atoms with Crippen molar-refractivity contribution in [1.29, 1.82) is 0 Å². The Balaban J connectivity index is 1.57. The van der Waals surface area contributed by atoms with Gasteiger partial charge in [-0.2, -0.15) is 0 Å². The van der Waals surface area contributed by atoms with Crippen molar-refractivity contribution in [2.45, 2.75) is 31.7 Å². The fourth-order valence-corrected chi connectivity index (χ4v) is 3.14. The number of pyridine rings is 1. The van der Waals surface area contributed by atoms with Crippen molar-refractivity contribution < 1.29 is 19.5 Å². The number of anilines is 1. The average Bonchev–Trinajstić information content (AvgIpc) is 2.64. The number of carbonyl (C=O) groups excluding carboxylic acids is 3. The lowest BCUT2D eigenvalue weighted by Gasteiger charge is -2.32. The molecule has 3 amide bonds. The minimum atomic E-state index is -0.704. The topological polar surface area (TPSA) is 112 Å². The first-order valence-electron chi connectivity index (χ1n) is 8.53. The Labute approximate surface area is 145 Å². The average molecular weight is 346 g/mol. The van der Waals surface area contributed by atoms with E-state index in [0.717, 1.165) is 31.6 Å². The van der Waals surface area contributed by atoms with E-state index in [9.17, 15) is 19.5 Å². The number of amides is 3. The number of carbonyl (C=O) groups is 3. The summed E-state index contributed by atoms with van der Waals surface area (Å²) in [7, 11) is 0. The molecule has 0 aliphatic carbocycles. The van der Waals surface area contributed by atoms with Crippen LogP contribution in [0.1, 0.15) is 36.2 Å². The number of rotatable bonds is 4. The minimum absolute atomic E-state index is 0.215. The molecule has 2 fully saturated rings. The summed E-state index contributed by atoms with van der Waals surface area (Å²) in [6.07, 6.45) is 4.04. The Bertz CT molecular complexity index is 653. The number of hydrogen-bond donors (Lipinski definition) is 3. The molecular weight excluding hydrogens is 324 g/mol. The van der Waals surface area contributed by atoms with E-state index >= 15 is 0 Å². The number of aliphatic hydroxyl groups is 1. The molecule has 134 valence electrons. The van der Waals surface area contributed by atoms with E-state index in [4.69, 9.17) is 0 Å². The Morgan fingerprint density at radius 3 is 2.64 bits per heavy atom. The maximum atomic E-state index is 12.2. The van der Waals surface area contributed by atoms with Gasteiger partial charge in [0, 0.05) is 26.1 Å². The number of nitrogens with zero attached hydrogens (tertiary/aromatic N) is 2. The highest BCUT2D eigenvalue weighted by molar-refractivity contribution is 6.03. The molecule has 3 heterocycles. The van der Waals surface area contributed by atoms with Crippen LogP contribution in [0.2, 0.25) is 0 Å². The molecule has 0 radical (unpaired) electrons. The summed E-state index contributed by atoms with van der Waals surface area (Å²) < 4.78 is 0. The SMILES string of the molecule is O=C1CCC(NC(=O)c2ccc(N3CCC(CO)CC3)cn2)C(=O)N1. The zero-order valence-electron chi connectivity index (χ0n) is 13.9. The molecule has 0 spiro atoms. The minimum Gasteiger partial charge on any atom is -0.396 e. The van der Waals surface area contributed by atoms with E-state index in [0.29, 0.717) is 12.3 Å². The number of aromatic nitrogens is 1. The van der Waals surface area contributed by atoms with E-state index in [1.165, 1.54) is 0 Å². The Morgan fingerprint density at radius 1 is 1.28 bits per heavy atom. The number of nitrogens with one attached hydrogen (secondary N) is 2. The summed E-state index contributed by atoms with van der Waals surface area (Å²) in [6.45, 7) is 1.94. The number of hydrogen-bond acceptors (Lipinski definition) is 6. The quantitative estimate of drug-likeness (QED) is 0.653. The van der Waals surface area contributed by atoms with Gasteiger partial charge in [0.15, 0.2) is 0 Å². The summed E-state index contributed by atoms with van der Waals surface area (Å²) in [5.74, 6) is -0.862. The first-order valence-corrected chi connectivity index (χ1v) is 8.53. The van der Waals surface area contributed by atoms with E-state index in [1.54, 1.807) is 12.3 Å². The lowest BCUT2D eigenvalue weighted by molar-refractivity contribution is -0.134. The molecule has 25 heavy (non-hydrogen) atoms. The van der Waals surface area contributed by atoms with Crippen molar-refractivity contribution >= 4 is 23.4 Å². The van der Waals surface area contributed by atoms with Gasteiger partial charge in [-0.15, -0.1) is 0 Å². The third kappa shape index (κ3) is 4.14. The zero-order valence-corrected chi connectivity index (χ0v) is 13.9. The molecule has 3 rings (SSSR count). The van der Waals surface area contributed by atoms with Crippen LogP contribution >= 0.6 is 0 Å². The van der Waals surface area contributed by atoms with Crippen LogP contribution in [0.3, 0.4) is 0 Å². The second kappa shape index (κ2) is 7.60. The highest BCUT2D eigenvalue weighted by Crippen LogP contribution is 2.22. The normalized spacial score (nSPS) is 21.8. The van der Waals surface area contributed by atoms with Crippen LogP contribution in [-0.4, -0.2) is 53.6 Å². The molecule has 0 bridgehead atoms. The standard InChI is InChI=1S/C17H22N4O4/c22-10-11-5-7-21(8-6-11)12-1-2-13(18-9-12)16(24)19-14-3-4-15(23)20-17(14)25/h1-2,9,11,14,22H,3-8,10H2,(H,19,24)(H,20,23,25). The van der Waals surface area contributed by atoms with Crippen molar-refractivity contribution in [3.8, 4) is 0 Å². The first kappa shape index (κ1) is 17.3. The van der Waals surface area contributed by atoms with Gasteiger partial charge in [0.1, 0.15) is 11.7 Å². The van der Waals surface area contributed by atoms with Crippen LogP contribution in [0.15, 0.2) is 18.3 Å². The molecular formula is C17H22N4O4. The van der Waals surface area contributed by atoms with Gasteiger partial charge in [-0.05, 0) is 37.3 Å². The summed E-state index contributed by atoms with van der Waals surface area (Å²) in [6, 6.07) is 2.77. The smallest absolute Gasteiger partial charge is 0.270 e. The van der Waals surface area contributed by atoms with Gasteiger partial charge in [0.05, 0.1) is 11.9 Å². The van der Waals surface area contributed by atoms with Crippen LogP contribution in [0.4, 0.5) is 5.69 Å². The summed E-state index contributed by atoms with van der Waals surface area (Å²) in [4.78, 5) is 41.4. The van der Waals surface area contributed by atoms with Crippen molar-refractivity contribution in [2.24, 2.45) is 5.92 Å². The molecule has 2 aliphatic heterocycles. The van der Waals surface area contributed by atoms with Crippen LogP contribution < -0.4 is 15.5 Å². The zero-order chi connectivity index (χ0) is 17.8. The lowest BCUT2D eigenvalue weighted by atomic mass is 9.97. The highest BCUT2D eigenvalue weighted by atomic mass is 16.3. The molecule has 1 aromatic rings.